The van der Waals surface area contributed by atoms with E-state index in [2.05, 4.69) is 5.32 Å². The van der Waals surface area contributed by atoms with Crippen molar-refractivity contribution in [1.82, 2.24) is 4.90 Å². The van der Waals surface area contributed by atoms with Crippen molar-refractivity contribution in [2.75, 3.05) is 19.0 Å². The highest BCUT2D eigenvalue weighted by Crippen LogP contribution is 2.20. The van der Waals surface area contributed by atoms with Gasteiger partial charge in [0, 0.05) is 12.2 Å². The number of nitrogens with zero attached hydrogens (tertiary/aromatic N) is 1. The molecule has 0 heterocycles. The molecule has 0 radical (unpaired) electrons. The van der Waals surface area contributed by atoms with Gasteiger partial charge in [-0.25, -0.2) is 17.9 Å². The second-order valence-electron chi connectivity index (χ2n) is 6.27. The first-order chi connectivity index (χ1) is 13.2. The minimum Gasteiger partial charge on any atom is -0.494 e. The second-order valence-corrected chi connectivity index (χ2v) is 7.83. The molecule has 3 N–H and O–H groups in total. The predicted octanol–water partition coefficient (Wildman–Crippen LogP) is 2.33. The Balaban J connectivity index is 2.06. The number of likely N-dealkylation sites (N-methyl/N-ethyl adjacent to an activating group) is 1. The summed E-state index contributed by atoms with van der Waals surface area (Å²) in [7, 11) is -2.38. The van der Waals surface area contributed by atoms with Crippen LogP contribution in [0.5, 0.6) is 5.75 Å². The Morgan fingerprint density at radius 1 is 1.25 bits per heavy atom. The molecule has 9 heteroatoms. The number of carbonyl (C=O) groups is 1. The average Bonchev–Trinajstić information content (AvgIpc) is 2.65. The van der Waals surface area contributed by atoms with Crippen molar-refractivity contribution in [2.45, 2.75) is 31.3 Å². The molecular formula is C19H24FN3O4S. The molecule has 152 valence electrons. The first kappa shape index (κ1) is 21.8. The van der Waals surface area contributed by atoms with Gasteiger partial charge in [-0.15, -0.1) is 0 Å². The number of methoxy groups -OCH3 is 1. The van der Waals surface area contributed by atoms with E-state index in [1.807, 2.05) is 11.8 Å². The van der Waals surface area contributed by atoms with Crippen molar-refractivity contribution in [3.8, 4) is 5.75 Å². The fraction of sp³-hybridized carbons (Fsp3) is 0.316. The fourth-order valence-corrected chi connectivity index (χ4v) is 3.22. The number of rotatable bonds is 8. The fourth-order valence-electron chi connectivity index (χ4n) is 2.71. The van der Waals surface area contributed by atoms with E-state index >= 15 is 0 Å². The third-order valence-corrected chi connectivity index (χ3v) is 5.31. The smallest absolute Gasteiger partial charge is 0.241 e. The van der Waals surface area contributed by atoms with Crippen molar-refractivity contribution >= 4 is 21.6 Å². The minimum absolute atomic E-state index is 0.0322. The Hall–Kier alpha value is -2.49. The summed E-state index contributed by atoms with van der Waals surface area (Å²) in [6, 6.07) is 9.79. The maximum atomic E-state index is 13.9. The summed E-state index contributed by atoms with van der Waals surface area (Å²) in [5.74, 6) is -0.553. The minimum atomic E-state index is -3.79. The topological polar surface area (TPSA) is 102 Å². The van der Waals surface area contributed by atoms with Gasteiger partial charge >= 0.3 is 0 Å². The Bertz CT molecular complexity index is 933. The van der Waals surface area contributed by atoms with E-state index < -0.39 is 21.9 Å². The van der Waals surface area contributed by atoms with Crippen molar-refractivity contribution in [3.05, 3.63) is 53.8 Å². The van der Waals surface area contributed by atoms with E-state index in [0.29, 0.717) is 18.8 Å². The van der Waals surface area contributed by atoms with Gasteiger partial charge < -0.3 is 10.1 Å². The molecule has 7 nitrogen and oxygen atoms in total. The number of benzene rings is 2. The number of anilines is 1. The van der Waals surface area contributed by atoms with Gasteiger partial charge in [0.25, 0.3) is 0 Å². The zero-order valence-corrected chi connectivity index (χ0v) is 16.8. The van der Waals surface area contributed by atoms with Crippen LogP contribution in [0.15, 0.2) is 47.4 Å². The third-order valence-electron chi connectivity index (χ3n) is 4.39. The van der Waals surface area contributed by atoms with Crippen LogP contribution in [0, 0.1) is 5.82 Å². The Morgan fingerprint density at radius 2 is 1.89 bits per heavy atom. The zero-order chi connectivity index (χ0) is 20.9. The standard InChI is InChI=1S/C19H24FN3O4S/c1-4-23(12-14-5-10-18(27-3)17(20)11-14)13(2)19(24)22-15-6-8-16(9-7-15)28(21,25)26/h5-11,13H,4,12H2,1-3H3,(H,22,24)(H2,21,25,26)/t13-/m1/s1. The van der Waals surface area contributed by atoms with Crippen LogP contribution in [-0.4, -0.2) is 38.9 Å². The van der Waals surface area contributed by atoms with Gasteiger partial charge in [0.05, 0.1) is 18.0 Å². The Kier molecular flexibility index (Phi) is 7.11. The van der Waals surface area contributed by atoms with Gasteiger partial charge in [0.15, 0.2) is 11.6 Å². The van der Waals surface area contributed by atoms with Gasteiger partial charge in [-0.3, -0.25) is 9.69 Å². The molecule has 28 heavy (non-hydrogen) atoms. The summed E-state index contributed by atoms with van der Waals surface area (Å²) in [6.07, 6.45) is 0. The highest BCUT2D eigenvalue weighted by molar-refractivity contribution is 7.89. The maximum Gasteiger partial charge on any atom is 0.241 e. The monoisotopic (exact) mass is 409 g/mol. The van der Waals surface area contributed by atoms with Gasteiger partial charge in [0.1, 0.15) is 0 Å². The SMILES string of the molecule is CCN(Cc1ccc(OC)c(F)c1)[C@H](C)C(=O)Nc1ccc(S(N)(=O)=O)cc1. The molecule has 1 amide bonds. The van der Waals surface area contributed by atoms with E-state index in [1.54, 1.807) is 19.1 Å². The molecule has 2 rings (SSSR count). The van der Waals surface area contributed by atoms with Crippen molar-refractivity contribution in [1.29, 1.82) is 0 Å². The molecule has 0 bridgehead atoms. The molecule has 0 fully saturated rings. The lowest BCUT2D eigenvalue weighted by Gasteiger charge is -2.27. The molecule has 0 aliphatic carbocycles. The van der Waals surface area contributed by atoms with Crippen LogP contribution in [-0.2, 0) is 21.4 Å². The predicted molar refractivity (Wildman–Crippen MR) is 105 cm³/mol. The number of hydrogen-bond donors (Lipinski definition) is 2. The third kappa shape index (κ3) is 5.51. The number of carbonyl (C=O) groups excluding carboxylic acids is 1. The van der Waals surface area contributed by atoms with Crippen LogP contribution in [0.3, 0.4) is 0 Å². The van der Waals surface area contributed by atoms with E-state index in [4.69, 9.17) is 9.88 Å². The number of hydrogen-bond acceptors (Lipinski definition) is 5. The lowest BCUT2D eigenvalue weighted by Crippen LogP contribution is -2.41. The van der Waals surface area contributed by atoms with E-state index in [9.17, 15) is 17.6 Å². The summed E-state index contributed by atoms with van der Waals surface area (Å²) >= 11 is 0. The number of amides is 1. The summed E-state index contributed by atoms with van der Waals surface area (Å²) in [4.78, 5) is 14.4. The molecule has 0 saturated heterocycles. The van der Waals surface area contributed by atoms with Crippen LogP contribution < -0.4 is 15.2 Å². The van der Waals surface area contributed by atoms with Crippen LogP contribution in [0.1, 0.15) is 19.4 Å². The highest BCUT2D eigenvalue weighted by atomic mass is 32.2. The molecule has 0 aliphatic rings. The lowest BCUT2D eigenvalue weighted by molar-refractivity contribution is -0.120. The van der Waals surface area contributed by atoms with Crippen molar-refractivity contribution in [2.24, 2.45) is 5.14 Å². The summed E-state index contributed by atoms with van der Waals surface area (Å²) in [5.41, 5.74) is 1.17. The van der Waals surface area contributed by atoms with Crippen LogP contribution >= 0.6 is 0 Å². The largest absolute Gasteiger partial charge is 0.494 e. The summed E-state index contributed by atoms with van der Waals surface area (Å²) < 4.78 is 41.4. The molecular weight excluding hydrogens is 385 g/mol. The zero-order valence-electron chi connectivity index (χ0n) is 16.0. The quantitative estimate of drug-likeness (QED) is 0.697. The van der Waals surface area contributed by atoms with Crippen LogP contribution in [0.2, 0.25) is 0 Å². The van der Waals surface area contributed by atoms with Crippen LogP contribution in [0.25, 0.3) is 0 Å². The summed E-state index contributed by atoms with van der Waals surface area (Å²) in [5, 5.41) is 7.80. The molecule has 0 spiro atoms. The van der Waals surface area contributed by atoms with Gasteiger partial charge in [-0.1, -0.05) is 13.0 Å². The second kappa shape index (κ2) is 9.13. The highest BCUT2D eigenvalue weighted by Gasteiger charge is 2.21. The molecule has 0 aromatic heterocycles. The average molecular weight is 409 g/mol. The van der Waals surface area contributed by atoms with Crippen molar-refractivity contribution < 1.29 is 22.3 Å². The molecule has 1 atom stereocenters. The Labute approximate surface area is 164 Å². The number of ether oxygens (including phenoxy) is 1. The normalized spacial score (nSPS) is 12.6. The first-order valence-electron chi connectivity index (χ1n) is 8.66. The number of sulfonamides is 1. The Morgan fingerprint density at radius 3 is 2.39 bits per heavy atom. The van der Waals surface area contributed by atoms with Gasteiger partial charge in [-0.2, -0.15) is 0 Å². The molecule has 2 aromatic rings. The summed E-state index contributed by atoms with van der Waals surface area (Å²) in [6.45, 7) is 4.62. The lowest BCUT2D eigenvalue weighted by atomic mass is 10.1. The number of halogens is 1. The van der Waals surface area contributed by atoms with Crippen molar-refractivity contribution in [3.63, 3.8) is 0 Å². The molecule has 0 aliphatic heterocycles. The molecule has 0 saturated carbocycles. The van der Waals surface area contributed by atoms with Gasteiger partial charge in [0.2, 0.25) is 15.9 Å². The maximum absolute atomic E-state index is 13.9. The first-order valence-corrected chi connectivity index (χ1v) is 10.2. The van der Waals surface area contributed by atoms with Gasteiger partial charge in [-0.05, 0) is 55.4 Å². The van der Waals surface area contributed by atoms with E-state index in [1.165, 1.54) is 37.4 Å². The van der Waals surface area contributed by atoms with Crippen LogP contribution in [0.4, 0.5) is 10.1 Å². The van der Waals surface area contributed by atoms with E-state index in [-0.39, 0.29) is 16.6 Å². The molecule has 0 unspecified atom stereocenters. The number of primary sulfonamides is 1. The van der Waals surface area contributed by atoms with E-state index in [0.717, 1.165) is 5.56 Å². The molecule has 2 aromatic carbocycles. The number of nitrogens with two attached hydrogens (primary N) is 1. The number of nitrogens with one attached hydrogen (secondary N) is 1.